The number of fused-ring (bicyclic) bond motifs is 1. The molecule has 0 radical (unpaired) electrons. The lowest BCUT2D eigenvalue weighted by molar-refractivity contribution is -0.125. The second-order valence-electron chi connectivity index (χ2n) is 11.8. The van der Waals surface area contributed by atoms with Crippen LogP contribution in [0.15, 0.2) is 48.9 Å². The highest BCUT2D eigenvalue weighted by Gasteiger charge is 2.58. The summed E-state index contributed by atoms with van der Waals surface area (Å²) >= 11 is 12.2. The van der Waals surface area contributed by atoms with Crippen LogP contribution in [0.25, 0.3) is 0 Å². The minimum atomic E-state index is -1.40. The number of halogens is 3. The summed E-state index contributed by atoms with van der Waals surface area (Å²) in [6, 6.07) is 11.3. The Bertz CT molecular complexity index is 1910. The van der Waals surface area contributed by atoms with Crippen LogP contribution in [-0.2, 0) is 27.1 Å². The lowest BCUT2D eigenvalue weighted by atomic mass is 9.91. The number of imidazole rings is 1. The van der Waals surface area contributed by atoms with E-state index >= 15 is 0 Å². The van der Waals surface area contributed by atoms with Crippen molar-refractivity contribution in [3.63, 3.8) is 0 Å². The van der Waals surface area contributed by atoms with E-state index in [4.69, 9.17) is 23.2 Å². The van der Waals surface area contributed by atoms with Gasteiger partial charge in [0.25, 0.3) is 11.8 Å². The molecule has 7 rings (SSSR count). The fraction of sp³-hybridized carbons (Fsp3) is 0.300. The first kappa shape index (κ1) is 28.9. The van der Waals surface area contributed by atoms with Crippen molar-refractivity contribution >= 4 is 52.6 Å². The summed E-state index contributed by atoms with van der Waals surface area (Å²) < 4.78 is 15.8. The predicted octanol–water partition coefficient (Wildman–Crippen LogP) is 4.02. The van der Waals surface area contributed by atoms with Gasteiger partial charge >= 0.3 is 0 Å². The van der Waals surface area contributed by atoms with Crippen LogP contribution in [0.1, 0.15) is 60.0 Å². The largest absolute Gasteiger partial charge is 0.341 e. The molecule has 0 spiro atoms. The zero-order valence-corrected chi connectivity index (χ0v) is 25.2. The summed E-state index contributed by atoms with van der Waals surface area (Å²) in [5.74, 6) is -1.58. The normalized spacial score (nSPS) is 20.3. The fourth-order valence-electron chi connectivity index (χ4n) is 5.86. The molecule has 4 aromatic rings. The van der Waals surface area contributed by atoms with E-state index in [1.165, 1.54) is 34.1 Å². The van der Waals surface area contributed by atoms with Crippen molar-refractivity contribution in [1.29, 1.82) is 5.26 Å². The van der Waals surface area contributed by atoms with Gasteiger partial charge in [-0.15, -0.1) is 0 Å². The van der Waals surface area contributed by atoms with Gasteiger partial charge < -0.3 is 10.6 Å². The molecular weight excluding hydrogens is 624 g/mol. The van der Waals surface area contributed by atoms with Crippen LogP contribution in [0, 0.1) is 17.1 Å². The zero-order valence-electron chi connectivity index (χ0n) is 23.7. The number of aromatic nitrogens is 5. The van der Waals surface area contributed by atoms with Gasteiger partial charge in [-0.25, -0.2) is 19.3 Å². The number of hydrogen-bond donors (Lipinski definition) is 3. The van der Waals surface area contributed by atoms with E-state index in [2.05, 4.69) is 36.9 Å². The van der Waals surface area contributed by atoms with E-state index in [9.17, 15) is 24.0 Å². The molecule has 2 aliphatic carbocycles. The van der Waals surface area contributed by atoms with Crippen molar-refractivity contribution in [2.24, 2.45) is 0 Å². The van der Waals surface area contributed by atoms with Gasteiger partial charge in [-0.3, -0.25) is 24.0 Å². The minimum Gasteiger partial charge on any atom is -0.341 e. The Kier molecular flexibility index (Phi) is 6.51. The number of aromatic amines is 1. The molecule has 1 atom stereocenters. The average Bonchev–Trinajstić information content (AvgIpc) is 3.82. The Morgan fingerprint density at radius 1 is 1.09 bits per heavy atom. The Hall–Kier alpha value is -4.80. The van der Waals surface area contributed by atoms with Gasteiger partial charge in [0.2, 0.25) is 11.9 Å². The smallest absolute Gasteiger partial charge is 0.270 e. The molecular formula is C30H24Cl2FN9O3. The third kappa shape index (κ3) is 4.63. The molecule has 15 heteroatoms. The van der Waals surface area contributed by atoms with Crippen molar-refractivity contribution in [2.45, 2.75) is 55.6 Å². The van der Waals surface area contributed by atoms with Crippen molar-refractivity contribution in [1.82, 2.24) is 35.4 Å². The highest BCUT2D eigenvalue weighted by molar-refractivity contribution is 6.35. The highest BCUT2D eigenvalue weighted by Crippen LogP contribution is 2.47. The molecule has 0 unspecified atom stereocenters. The number of amides is 3. The minimum absolute atomic E-state index is 0.0479. The number of rotatable bonds is 8. The number of anilines is 2. The van der Waals surface area contributed by atoms with Gasteiger partial charge in [-0.05, 0) is 62.4 Å². The number of carbonyl (C=O) groups is 3. The maximum Gasteiger partial charge on any atom is 0.270 e. The fourth-order valence-corrected chi connectivity index (χ4v) is 6.34. The van der Waals surface area contributed by atoms with Gasteiger partial charge in [0, 0.05) is 6.42 Å². The number of carbonyl (C=O) groups excluding carboxylic acids is 3. The number of nitriles is 1. The van der Waals surface area contributed by atoms with Crippen LogP contribution >= 0.6 is 23.2 Å². The monoisotopic (exact) mass is 647 g/mol. The third-order valence-corrected chi connectivity index (χ3v) is 9.25. The van der Waals surface area contributed by atoms with Crippen LogP contribution < -0.4 is 15.5 Å². The van der Waals surface area contributed by atoms with Crippen molar-refractivity contribution < 1.29 is 18.8 Å². The van der Waals surface area contributed by atoms with Crippen LogP contribution in [0.3, 0.4) is 0 Å². The lowest BCUT2D eigenvalue weighted by Crippen LogP contribution is -2.52. The molecule has 3 N–H and O–H groups in total. The first-order valence-electron chi connectivity index (χ1n) is 14.1. The van der Waals surface area contributed by atoms with Crippen LogP contribution in [0.4, 0.5) is 16.0 Å². The summed E-state index contributed by atoms with van der Waals surface area (Å²) in [4.78, 5) is 51.5. The van der Waals surface area contributed by atoms with E-state index in [1.54, 1.807) is 31.2 Å². The van der Waals surface area contributed by atoms with E-state index in [0.29, 0.717) is 42.6 Å². The summed E-state index contributed by atoms with van der Waals surface area (Å²) in [6.07, 6.45) is 5.07. The number of nitrogens with one attached hydrogen (secondary N) is 3. The SMILES string of the molecule is C[C@@]1(Cc2ccc(C#N)cc2)C(=O)N(c2cc(Cl)c(F)c(Cl)c2)c2ncc(C(=O)NC3(C(=O)NC4(c5ncn[nH]5)CC4)CC3)n21. The third-order valence-electron chi connectivity index (χ3n) is 8.70. The topological polar surface area (TPSA) is 162 Å². The van der Waals surface area contributed by atoms with Gasteiger partial charge in [0.15, 0.2) is 5.82 Å². The maximum atomic E-state index is 14.3. The van der Waals surface area contributed by atoms with E-state index in [-0.39, 0.29) is 39.7 Å². The number of nitrogens with zero attached hydrogens (tertiary/aromatic N) is 6. The molecule has 3 aliphatic rings. The molecule has 228 valence electrons. The Labute approximate surface area is 265 Å². The van der Waals surface area contributed by atoms with Gasteiger partial charge in [-0.2, -0.15) is 10.4 Å². The Morgan fingerprint density at radius 2 is 1.78 bits per heavy atom. The maximum absolute atomic E-state index is 14.3. The summed E-state index contributed by atoms with van der Waals surface area (Å²) in [5.41, 5.74) is -1.80. The van der Waals surface area contributed by atoms with Crippen LogP contribution in [0.2, 0.25) is 10.0 Å². The average molecular weight is 648 g/mol. The molecule has 1 aliphatic heterocycles. The molecule has 2 fully saturated rings. The van der Waals surface area contributed by atoms with Crippen molar-refractivity contribution in [2.75, 3.05) is 4.90 Å². The Morgan fingerprint density at radius 3 is 2.36 bits per heavy atom. The van der Waals surface area contributed by atoms with E-state index in [0.717, 1.165) is 0 Å². The summed E-state index contributed by atoms with van der Waals surface area (Å²) in [6.45, 7) is 1.66. The quantitative estimate of drug-likeness (QED) is 0.243. The Balaban J connectivity index is 1.24. The molecule has 0 bridgehead atoms. The van der Waals surface area contributed by atoms with E-state index in [1.807, 2.05) is 0 Å². The highest BCUT2D eigenvalue weighted by atomic mass is 35.5. The number of hydrogen-bond acceptors (Lipinski definition) is 7. The number of H-pyrrole nitrogens is 1. The lowest BCUT2D eigenvalue weighted by Gasteiger charge is -2.27. The number of benzene rings is 2. The predicted molar refractivity (Wildman–Crippen MR) is 159 cm³/mol. The molecule has 2 aromatic heterocycles. The molecule has 0 saturated heterocycles. The zero-order chi connectivity index (χ0) is 31.7. The second kappa shape index (κ2) is 10.1. The summed E-state index contributed by atoms with van der Waals surface area (Å²) in [5, 5.41) is 21.3. The van der Waals surface area contributed by atoms with Crippen LogP contribution in [0.5, 0.6) is 0 Å². The van der Waals surface area contributed by atoms with Gasteiger partial charge in [0.1, 0.15) is 28.9 Å². The van der Waals surface area contributed by atoms with Gasteiger partial charge in [-0.1, -0.05) is 35.3 Å². The molecule has 45 heavy (non-hydrogen) atoms. The van der Waals surface area contributed by atoms with Crippen LogP contribution in [-0.4, -0.2) is 48.0 Å². The van der Waals surface area contributed by atoms with E-state index < -0.39 is 34.2 Å². The second-order valence-corrected chi connectivity index (χ2v) is 12.6. The molecule has 2 aromatic carbocycles. The van der Waals surface area contributed by atoms with Gasteiger partial charge in [0.05, 0.1) is 39.1 Å². The first-order valence-corrected chi connectivity index (χ1v) is 14.8. The van der Waals surface area contributed by atoms with Crippen molar-refractivity contribution in [3.05, 3.63) is 87.4 Å². The molecule has 3 amide bonds. The molecule has 3 heterocycles. The standard InChI is InChI=1S/C30H24Cl2FN9O3/c1-28(12-16-2-4-17(13-34)5-3-16)26(45)41(18-10-19(31)22(33)20(32)11-18)27-35-14-21(42(27)28)23(43)38-30(8-9-30)25(44)39-29(6-7-29)24-36-15-37-40-24/h2-5,10-11,14-15H,6-9,12H2,1H3,(H,38,43)(H,39,44)(H,36,37,40)/t28-/m1/s1. The first-order chi connectivity index (χ1) is 21.5. The molecule has 2 saturated carbocycles. The van der Waals surface area contributed by atoms with Crippen molar-refractivity contribution in [3.8, 4) is 6.07 Å². The molecule has 12 nitrogen and oxygen atoms in total. The summed E-state index contributed by atoms with van der Waals surface area (Å²) in [7, 11) is 0.